The van der Waals surface area contributed by atoms with Crippen LogP contribution in [0.4, 0.5) is 26.3 Å². The minimum atomic E-state index is -4.67. The van der Waals surface area contributed by atoms with E-state index in [0.29, 0.717) is 32.3 Å². The smallest absolute Gasteiger partial charge is 0.309 e. The van der Waals surface area contributed by atoms with E-state index in [4.69, 9.17) is 0 Å². The topological polar surface area (TPSA) is 52.5 Å². The van der Waals surface area contributed by atoms with Crippen molar-refractivity contribution in [3.63, 3.8) is 0 Å². The van der Waals surface area contributed by atoms with E-state index in [1.54, 1.807) is 41.0 Å². The van der Waals surface area contributed by atoms with Crippen LogP contribution in [0.3, 0.4) is 0 Å². The maximum atomic E-state index is 13.4. The van der Waals surface area contributed by atoms with Crippen LogP contribution in [0, 0.1) is 22.7 Å². The molecule has 3 nitrogen and oxygen atoms in total. The van der Waals surface area contributed by atoms with E-state index >= 15 is 0 Å². The number of halogens is 7. The lowest BCUT2D eigenvalue weighted by Gasteiger charge is -2.11. The largest absolute Gasteiger partial charge is 0.416 e. The Morgan fingerprint density at radius 2 is 1.05 bits per heavy atom. The van der Waals surface area contributed by atoms with Gasteiger partial charge in [-0.15, -0.1) is 0 Å². The Morgan fingerprint density at radius 1 is 0.605 bits per heavy atom. The van der Waals surface area contributed by atoms with Crippen LogP contribution in [0.1, 0.15) is 22.3 Å². The van der Waals surface area contributed by atoms with Crippen molar-refractivity contribution in [2.75, 3.05) is 0 Å². The molecule has 0 bridgehead atoms. The fourth-order valence-electron chi connectivity index (χ4n) is 4.41. The molecule has 188 valence electrons. The second-order valence-corrected chi connectivity index (χ2v) is 9.24. The zero-order valence-corrected chi connectivity index (χ0v) is 20.5. The molecular weight excluding hydrogens is 572 g/mol. The lowest BCUT2D eigenvalue weighted by Crippen LogP contribution is -2.04. The summed E-state index contributed by atoms with van der Waals surface area (Å²) in [6.45, 7) is 0. The highest BCUT2D eigenvalue weighted by Crippen LogP contribution is 2.40. The van der Waals surface area contributed by atoms with Gasteiger partial charge >= 0.3 is 12.4 Å². The quantitative estimate of drug-likeness (QED) is 0.195. The van der Waals surface area contributed by atoms with Gasteiger partial charge in [-0.25, -0.2) is 0 Å². The molecule has 10 heteroatoms. The maximum Gasteiger partial charge on any atom is 0.416 e. The molecule has 0 spiro atoms. The monoisotopic (exact) mass is 583 g/mol. The highest BCUT2D eigenvalue weighted by atomic mass is 79.9. The second kappa shape index (κ2) is 8.93. The molecule has 1 aromatic heterocycles. The molecule has 38 heavy (non-hydrogen) atoms. The van der Waals surface area contributed by atoms with E-state index in [0.717, 1.165) is 24.3 Å². The van der Waals surface area contributed by atoms with Crippen molar-refractivity contribution in [1.29, 1.82) is 10.5 Å². The predicted molar refractivity (Wildman–Crippen MR) is 133 cm³/mol. The van der Waals surface area contributed by atoms with Crippen LogP contribution in [0.15, 0.2) is 77.3 Å². The van der Waals surface area contributed by atoms with Crippen molar-refractivity contribution in [3.8, 4) is 29.0 Å². The van der Waals surface area contributed by atoms with Gasteiger partial charge in [0.1, 0.15) is 12.1 Å². The van der Waals surface area contributed by atoms with Gasteiger partial charge in [0.05, 0.1) is 37.8 Å². The molecule has 0 fully saturated rings. The molecule has 5 rings (SSSR count). The molecule has 4 aromatic carbocycles. The van der Waals surface area contributed by atoms with Gasteiger partial charge in [0, 0.05) is 16.5 Å². The van der Waals surface area contributed by atoms with Crippen molar-refractivity contribution >= 4 is 37.7 Å². The second-order valence-electron chi connectivity index (χ2n) is 8.45. The van der Waals surface area contributed by atoms with Crippen LogP contribution in [0.2, 0.25) is 0 Å². The zero-order valence-electron chi connectivity index (χ0n) is 18.9. The summed E-state index contributed by atoms with van der Waals surface area (Å²) in [5.41, 5.74) is 0.990. The molecule has 0 N–H and O–H groups in total. The first-order chi connectivity index (χ1) is 17.9. The number of alkyl halides is 6. The molecule has 5 aromatic rings. The molecule has 0 saturated heterocycles. The van der Waals surface area contributed by atoms with Gasteiger partial charge in [-0.05, 0) is 87.7 Å². The number of nitriles is 2. The Kier molecular flexibility index (Phi) is 5.96. The van der Waals surface area contributed by atoms with Crippen molar-refractivity contribution < 1.29 is 26.3 Å². The van der Waals surface area contributed by atoms with E-state index < -0.39 is 23.5 Å². The van der Waals surface area contributed by atoms with Crippen molar-refractivity contribution in [3.05, 3.63) is 99.5 Å². The Bertz CT molecular complexity index is 1710. The molecule has 0 aliphatic heterocycles. The Morgan fingerprint density at radius 3 is 1.45 bits per heavy atom. The van der Waals surface area contributed by atoms with Gasteiger partial charge in [-0.1, -0.05) is 12.1 Å². The fraction of sp³-hybridized carbons (Fsp3) is 0.0714. The normalized spacial score (nSPS) is 12.0. The fourth-order valence-corrected chi connectivity index (χ4v) is 4.82. The number of benzene rings is 4. The standard InChI is InChI=1S/C28H12BrF6N3/c29-26-17(13-36)9-16(10-18(26)14-37)15-1-5-21(6-2-15)38-24-7-3-19(27(30,31)32)11-22(24)23-12-20(28(33,34)35)4-8-25(23)38/h1-12H. The average molecular weight is 584 g/mol. The van der Waals surface area contributed by atoms with E-state index in [2.05, 4.69) is 15.9 Å². The highest BCUT2D eigenvalue weighted by molar-refractivity contribution is 9.10. The van der Waals surface area contributed by atoms with Crippen molar-refractivity contribution in [1.82, 2.24) is 4.57 Å². The molecule has 0 radical (unpaired) electrons. The highest BCUT2D eigenvalue weighted by Gasteiger charge is 2.33. The zero-order chi connectivity index (χ0) is 27.4. The summed E-state index contributed by atoms with van der Waals surface area (Å²) in [6.07, 6.45) is -9.33. The lowest BCUT2D eigenvalue weighted by atomic mass is 10.00. The Hall–Kier alpha value is -4.28. The lowest BCUT2D eigenvalue weighted by molar-refractivity contribution is -0.138. The molecule has 0 amide bonds. The first-order valence-electron chi connectivity index (χ1n) is 10.9. The van der Waals surface area contributed by atoms with Crippen LogP contribution in [-0.4, -0.2) is 4.57 Å². The van der Waals surface area contributed by atoms with E-state index in [9.17, 15) is 36.9 Å². The minimum Gasteiger partial charge on any atom is -0.309 e. The van der Waals surface area contributed by atoms with Crippen LogP contribution >= 0.6 is 15.9 Å². The van der Waals surface area contributed by atoms with Gasteiger partial charge in [-0.2, -0.15) is 36.9 Å². The van der Waals surface area contributed by atoms with Crippen LogP contribution in [-0.2, 0) is 12.4 Å². The molecule has 1 heterocycles. The maximum absolute atomic E-state index is 13.4. The Balaban J connectivity index is 1.71. The number of rotatable bonds is 2. The third-order valence-corrected chi connectivity index (χ3v) is 7.05. The minimum absolute atomic E-state index is 0.0373. The number of fused-ring (bicyclic) bond motifs is 3. The number of hydrogen-bond donors (Lipinski definition) is 0. The van der Waals surface area contributed by atoms with Gasteiger partial charge in [0.15, 0.2) is 0 Å². The van der Waals surface area contributed by atoms with Crippen molar-refractivity contribution in [2.24, 2.45) is 0 Å². The molecule has 0 saturated carbocycles. The molecule has 0 unspecified atom stereocenters. The summed E-state index contributed by atoms with van der Waals surface area (Å²) in [5, 5.41) is 18.8. The van der Waals surface area contributed by atoms with Crippen LogP contribution < -0.4 is 0 Å². The third kappa shape index (κ3) is 4.27. The molecule has 0 aliphatic carbocycles. The van der Waals surface area contributed by atoms with Crippen LogP contribution in [0.5, 0.6) is 0 Å². The molecule has 0 atom stereocenters. The van der Waals surface area contributed by atoms with E-state index in [1.165, 1.54) is 12.1 Å². The summed E-state index contributed by atoms with van der Waals surface area (Å²) in [5.74, 6) is 0. The molecular formula is C28H12BrF6N3. The summed E-state index contributed by atoms with van der Waals surface area (Å²) in [7, 11) is 0. The van der Waals surface area contributed by atoms with Gasteiger partial charge in [0.2, 0.25) is 0 Å². The first kappa shape index (κ1) is 25.4. The number of aromatic nitrogens is 1. The Labute approximate surface area is 219 Å². The van der Waals surface area contributed by atoms with Crippen molar-refractivity contribution in [2.45, 2.75) is 12.4 Å². The average Bonchev–Trinajstić information content (AvgIpc) is 3.21. The SMILES string of the molecule is N#Cc1cc(-c2ccc(-n3c4ccc(C(F)(F)F)cc4c4cc(C(F)(F)F)ccc43)cc2)cc(C#N)c1Br. The number of nitrogens with zero attached hydrogens (tertiary/aromatic N) is 3. The van der Waals surface area contributed by atoms with E-state index in [1.807, 2.05) is 12.1 Å². The van der Waals surface area contributed by atoms with E-state index in [-0.39, 0.29) is 21.9 Å². The number of hydrogen-bond acceptors (Lipinski definition) is 2. The van der Waals surface area contributed by atoms with Crippen LogP contribution in [0.25, 0.3) is 38.6 Å². The first-order valence-corrected chi connectivity index (χ1v) is 11.7. The predicted octanol–water partition coefficient (Wildman–Crippen LogP) is 8.99. The summed E-state index contributed by atoms with van der Waals surface area (Å²) in [4.78, 5) is 0. The van der Waals surface area contributed by atoms with Gasteiger partial charge < -0.3 is 4.57 Å². The molecule has 0 aliphatic rings. The van der Waals surface area contributed by atoms with Gasteiger partial charge in [0.25, 0.3) is 0 Å². The summed E-state index contributed by atoms with van der Waals surface area (Å²) >= 11 is 3.24. The summed E-state index contributed by atoms with van der Waals surface area (Å²) in [6, 6.07) is 20.0. The summed E-state index contributed by atoms with van der Waals surface area (Å²) < 4.78 is 82.5. The van der Waals surface area contributed by atoms with Gasteiger partial charge in [-0.3, -0.25) is 0 Å². The third-order valence-electron chi connectivity index (χ3n) is 6.19.